The van der Waals surface area contributed by atoms with Crippen LogP contribution in [0.25, 0.3) is 32.4 Å². The van der Waals surface area contributed by atoms with Gasteiger partial charge in [0.05, 0.1) is 27.6 Å². The first-order valence-corrected chi connectivity index (χ1v) is 11.0. The maximum Gasteiger partial charge on any atom is 0.223 e. The van der Waals surface area contributed by atoms with Gasteiger partial charge in [0.15, 0.2) is 5.82 Å². The van der Waals surface area contributed by atoms with Crippen LogP contribution in [0.3, 0.4) is 0 Å². The van der Waals surface area contributed by atoms with Crippen LogP contribution in [0.2, 0.25) is 5.02 Å². The van der Waals surface area contributed by atoms with Gasteiger partial charge < -0.3 is 15.4 Å². The van der Waals surface area contributed by atoms with Crippen molar-refractivity contribution >= 4 is 51.5 Å². The number of aliphatic hydroxyl groups excluding tert-OH is 1. The third-order valence-corrected chi connectivity index (χ3v) is 6.48. The molecule has 0 aliphatic carbocycles. The molecule has 8 nitrogen and oxygen atoms in total. The van der Waals surface area contributed by atoms with Crippen molar-refractivity contribution in [3.63, 3.8) is 0 Å². The molecule has 1 aromatic carbocycles. The first kappa shape index (κ1) is 20.7. The van der Waals surface area contributed by atoms with Gasteiger partial charge in [-0.25, -0.2) is 9.97 Å². The van der Waals surface area contributed by atoms with E-state index in [1.807, 2.05) is 12.1 Å². The van der Waals surface area contributed by atoms with E-state index < -0.39 is 0 Å². The highest BCUT2D eigenvalue weighted by Gasteiger charge is 2.25. The molecule has 0 saturated heterocycles. The first-order valence-electron chi connectivity index (χ1n) is 8.69. The summed E-state index contributed by atoms with van der Waals surface area (Å²) in [5.74, 6) is 0.943. The molecule has 0 fully saturated rings. The molecular weight excluding hydrogens is 537 g/mol. The van der Waals surface area contributed by atoms with Crippen molar-refractivity contribution in [2.45, 2.75) is 0 Å². The summed E-state index contributed by atoms with van der Waals surface area (Å²) in [6.45, 7) is 0.293. The lowest BCUT2D eigenvalue weighted by molar-refractivity contribution is 0.311. The SMILES string of the molecule is N#Cc1c(-c2ccnc(NCCO)n2)sc(-c2nnc[nH]2)c1-c1ccc(Cl)cc1I. The molecule has 3 heterocycles. The lowest BCUT2D eigenvalue weighted by Gasteiger charge is -2.07. The molecule has 0 aliphatic rings. The molecule has 0 saturated carbocycles. The fraction of sp³-hybridized carbons (Fsp3) is 0.105. The zero-order valence-corrected chi connectivity index (χ0v) is 19.0. The minimum Gasteiger partial charge on any atom is -0.395 e. The maximum absolute atomic E-state index is 10.1. The molecule has 30 heavy (non-hydrogen) atoms. The Bertz CT molecular complexity index is 1240. The number of rotatable bonds is 6. The number of anilines is 1. The number of thiophene rings is 1. The third kappa shape index (κ3) is 4.01. The number of H-pyrrole nitrogens is 1. The van der Waals surface area contributed by atoms with Gasteiger partial charge in [0.1, 0.15) is 12.4 Å². The molecule has 0 aliphatic heterocycles. The topological polar surface area (TPSA) is 123 Å². The number of nitriles is 1. The van der Waals surface area contributed by atoms with Crippen LogP contribution in [-0.2, 0) is 0 Å². The summed E-state index contributed by atoms with van der Waals surface area (Å²) >= 11 is 9.75. The Morgan fingerprint density at radius 3 is 2.87 bits per heavy atom. The fourth-order valence-corrected chi connectivity index (χ4v) is 5.21. The van der Waals surface area contributed by atoms with E-state index in [0.717, 1.165) is 19.6 Å². The number of nitrogens with one attached hydrogen (secondary N) is 2. The monoisotopic (exact) mass is 549 g/mol. The van der Waals surface area contributed by atoms with Crippen LogP contribution in [-0.4, -0.2) is 43.4 Å². The molecule has 11 heteroatoms. The minimum atomic E-state index is -0.0369. The summed E-state index contributed by atoms with van der Waals surface area (Å²) in [6, 6.07) is 9.62. The summed E-state index contributed by atoms with van der Waals surface area (Å²) in [5.41, 5.74) is 2.71. The molecule has 0 unspecified atom stereocenters. The second-order valence-electron chi connectivity index (χ2n) is 6.00. The molecule has 0 spiro atoms. The predicted molar refractivity (Wildman–Crippen MR) is 124 cm³/mol. The number of aromatic amines is 1. The van der Waals surface area contributed by atoms with Crippen molar-refractivity contribution in [3.8, 4) is 38.5 Å². The second kappa shape index (κ2) is 9.05. The molecule has 0 amide bonds. The number of hydrogen-bond donors (Lipinski definition) is 3. The van der Waals surface area contributed by atoms with Gasteiger partial charge in [-0.2, -0.15) is 5.26 Å². The van der Waals surface area contributed by atoms with Crippen molar-refractivity contribution in [3.05, 3.63) is 50.9 Å². The number of aliphatic hydroxyl groups is 1. The number of benzene rings is 1. The van der Waals surface area contributed by atoms with Gasteiger partial charge in [-0.15, -0.1) is 21.5 Å². The van der Waals surface area contributed by atoms with Crippen LogP contribution in [0, 0.1) is 14.9 Å². The van der Waals surface area contributed by atoms with E-state index in [-0.39, 0.29) is 6.61 Å². The Labute approximate surface area is 194 Å². The van der Waals surface area contributed by atoms with E-state index in [0.29, 0.717) is 39.5 Å². The second-order valence-corrected chi connectivity index (χ2v) is 8.62. The van der Waals surface area contributed by atoms with Gasteiger partial charge in [0, 0.05) is 26.9 Å². The highest BCUT2D eigenvalue weighted by molar-refractivity contribution is 14.1. The van der Waals surface area contributed by atoms with E-state index in [4.69, 9.17) is 16.7 Å². The van der Waals surface area contributed by atoms with Crippen LogP contribution in [0.1, 0.15) is 5.56 Å². The molecule has 3 N–H and O–H groups in total. The zero-order chi connectivity index (χ0) is 21.1. The van der Waals surface area contributed by atoms with Gasteiger partial charge in [0.2, 0.25) is 5.95 Å². The number of hydrogen-bond acceptors (Lipinski definition) is 8. The van der Waals surface area contributed by atoms with Gasteiger partial charge >= 0.3 is 0 Å². The Morgan fingerprint density at radius 2 is 2.17 bits per heavy atom. The zero-order valence-electron chi connectivity index (χ0n) is 15.2. The fourth-order valence-electron chi connectivity index (χ4n) is 2.89. The number of halogens is 2. The average molecular weight is 550 g/mol. The van der Waals surface area contributed by atoms with E-state index >= 15 is 0 Å². The molecule has 150 valence electrons. The quantitative estimate of drug-likeness (QED) is 0.308. The van der Waals surface area contributed by atoms with Crippen LogP contribution < -0.4 is 5.32 Å². The van der Waals surface area contributed by atoms with E-state index in [1.54, 1.807) is 18.3 Å². The summed E-state index contributed by atoms with van der Waals surface area (Å²) in [7, 11) is 0. The number of nitrogens with zero attached hydrogens (tertiary/aromatic N) is 5. The van der Waals surface area contributed by atoms with Gasteiger partial charge in [-0.3, -0.25) is 0 Å². The number of aromatic nitrogens is 5. The van der Waals surface area contributed by atoms with Crippen molar-refractivity contribution in [1.29, 1.82) is 5.26 Å². The molecule has 3 aromatic heterocycles. The Hall–Kier alpha value is -2.59. The standard InChI is InChI=1S/C19H13ClIN7OS/c20-10-1-2-11(13(21)7-10)15-12(8-22)16(30-17(15)18-25-9-26-28-18)14-3-4-23-19(27-14)24-5-6-29/h1-4,7,9,29H,5-6H2,(H,23,24,27)(H,25,26,28). The van der Waals surface area contributed by atoms with Crippen molar-refractivity contribution in [2.24, 2.45) is 0 Å². The summed E-state index contributed by atoms with van der Waals surface area (Å²) in [6.07, 6.45) is 3.11. The predicted octanol–water partition coefficient (Wildman–Crippen LogP) is 4.19. The lowest BCUT2D eigenvalue weighted by Crippen LogP contribution is -2.08. The van der Waals surface area contributed by atoms with E-state index in [9.17, 15) is 5.26 Å². The molecule has 0 atom stereocenters. The molecular formula is C19H13ClIN7OS. The Kier molecular flexibility index (Phi) is 6.24. The van der Waals surface area contributed by atoms with Crippen LogP contribution >= 0.6 is 45.5 Å². The van der Waals surface area contributed by atoms with Crippen molar-refractivity contribution < 1.29 is 5.11 Å². The van der Waals surface area contributed by atoms with Crippen molar-refractivity contribution in [1.82, 2.24) is 25.1 Å². The molecule has 4 rings (SSSR count). The summed E-state index contributed by atoms with van der Waals surface area (Å²) in [4.78, 5) is 13.2. The lowest BCUT2D eigenvalue weighted by atomic mass is 9.99. The normalized spacial score (nSPS) is 10.7. The Morgan fingerprint density at radius 1 is 1.30 bits per heavy atom. The Balaban J connectivity index is 1.95. The minimum absolute atomic E-state index is 0.0369. The highest BCUT2D eigenvalue weighted by Crippen LogP contribution is 2.47. The average Bonchev–Trinajstić information content (AvgIpc) is 3.40. The van der Waals surface area contributed by atoms with Gasteiger partial charge in [-0.1, -0.05) is 17.7 Å². The molecule has 4 aromatic rings. The maximum atomic E-state index is 10.1. The summed E-state index contributed by atoms with van der Waals surface area (Å²) in [5, 5.41) is 30.7. The van der Waals surface area contributed by atoms with Gasteiger partial charge in [0.25, 0.3) is 0 Å². The van der Waals surface area contributed by atoms with Crippen LogP contribution in [0.15, 0.2) is 36.8 Å². The van der Waals surface area contributed by atoms with Crippen LogP contribution in [0.4, 0.5) is 5.95 Å². The molecule has 0 bridgehead atoms. The van der Waals surface area contributed by atoms with E-state index in [1.165, 1.54) is 17.7 Å². The molecule has 0 radical (unpaired) electrons. The third-order valence-electron chi connectivity index (χ3n) is 4.14. The van der Waals surface area contributed by atoms with Gasteiger partial charge in [-0.05, 0) is 46.4 Å². The van der Waals surface area contributed by atoms with E-state index in [2.05, 4.69) is 59.1 Å². The smallest absolute Gasteiger partial charge is 0.223 e. The highest BCUT2D eigenvalue weighted by atomic mass is 127. The largest absolute Gasteiger partial charge is 0.395 e. The van der Waals surface area contributed by atoms with Crippen molar-refractivity contribution in [2.75, 3.05) is 18.5 Å². The first-order chi connectivity index (χ1) is 14.6. The summed E-state index contributed by atoms with van der Waals surface area (Å²) < 4.78 is 0.912. The van der Waals surface area contributed by atoms with Crippen LogP contribution in [0.5, 0.6) is 0 Å².